The van der Waals surface area contributed by atoms with Gasteiger partial charge in [0.2, 0.25) is 5.88 Å². The van der Waals surface area contributed by atoms with Crippen molar-refractivity contribution in [1.82, 2.24) is 10.2 Å². The largest absolute Gasteiger partial charge is 0.474 e. The van der Waals surface area contributed by atoms with Crippen molar-refractivity contribution in [2.24, 2.45) is 0 Å². The van der Waals surface area contributed by atoms with Crippen LogP contribution in [0.15, 0.2) is 12.1 Å². The van der Waals surface area contributed by atoms with Crippen molar-refractivity contribution in [3.63, 3.8) is 0 Å². The second-order valence-corrected chi connectivity index (χ2v) is 4.32. The fraction of sp³-hybridized carbons (Fsp3) is 0.636. The fourth-order valence-electron chi connectivity index (χ4n) is 0.958. The summed E-state index contributed by atoms with van der Waals surface area (Å²) in [5.41, 5.74) is 0.760. The van der Waals surface area contributed by atoms with Crippen LogP contribution in [0.25, 0.3) is 0 Å². The Morgan fingerprint density at radius 1 is 1.13 bits per heavy atom. The molecule has 1 aromatic heterocycles. The molecule has 4 nitrogen and oxygen atoms in total. The van der Waals surface area contributed by atoms with Crippen LogP contribution in [-0.4, -0.2) is 29.0 Å². The Labute approximate surface area is 90.6 Å². The van der Waals surface area contributed by atoms with Gasteiger partial charge in [0.15, 0.2) is 0 Å². The highest BCUT2D eigenvalue weighted by Gasteiger charge is 2.09. The van der Waals surface area contributed by atoms with Gasteiger partial charge in [-0.05, 0) is 33.8 Å². The number of hydrogen-bond acceptors (Lipinski definition) is 4. The van der Waals surface area contributed by atoms with Crippen molar-refractivity contribution < 1.29 is 9.47 Å². The van der Waals surface area contributed by atoms with Crippen LogP contribution < -0.4 is 4.74 Å². The lowest BCUT2D eigenvalue weighted by Crippen LogP contribution is -2.22. The van der Waals surface area contributed by atoms with E-state index in [2.05, 4.69) is 10.2 Å². The fourth-order valence-corrected chi connectivity index (χ4v) is 0.958. The molecule has 15 heavy (non-hydrogen) atoms. The van der Waals surface area contributed by atoms with Crippen LogP contribution in [0.3, 0.4) is 0 Å². The Bertz CT molecular complexity index is 290. The molecule has 0 aromatic carbocycles. The van der Waals surface area contributed by atoms with E-state index in [0.29, 0.717) is 19.1 Å². The Morgan fingerprint density at radius 2 is 1.87 bits per heavy atom. The molecule has 1 aromatic rings. The molecule has 1 heterocycles. The molecule has 0 amide bonds. The van der Waals surface area contributed by atoms with Crippen LogP contribution in [0.5, 0.6) is 5.88 Å². The number of aryl methyl sites for hydroxylation is 1. The molecular formula is C11H18N2O2. The molecule has 0 aliphatic rings. The highest BCUT2D eigenvalue weighted by molar-refractivity contribution is 5.09. The van der Waals surface area contributed by atoms with E-state index in [1.807, 2.05) is 33.8 Å². The minimum atomic E-state index is -0.123. The van der Waals surface area contributed by atoms with Crippen LogP contribution in [0, 0.1) is 6.92 Å². The summed E-state index contributed by atoms with van der Waals surface area (Å²) in [5, 5.41) is 7.78. The van der Waals surface area contributed by atoms with Crippen LogP contribution in [0.4, 0.5) is 0 Å². The summed E-state index contributed by atoms with van der Waals surface area (Å²) < 4.78 is 10.9. The minimum absolute atomic E-state index is 0.123. The van der Waals surface area contributed by atoms with Gasteiger partial charge in [0.05, 0.1) is 17.9 Å². The van der Waals surface area contributed by atoms with Gasteiger partial charge < -0.3 is 9.47 Å². The number of rotatable bonds is 4. The third kappa shape index (κ3) is 5.32. The molecule has 0 fully saturated rings. The molecule has 1 rings (SSSR count). The number of nitrogens with zero attached hydrogens (tertiary/aromatic N) is 2. The van der Waals surface area contributed by atoms with Crippen molar-refractivity contribution in [2.75, 3.05) is 13.2 Å². The van der Waals surface area contributed by atoms with Crippen LogP contribution in [0.1, 0.15) is 26.5 Å². The zero-order valence-corrected chi connectivity index (χ0v) is 9.78. The molecule has 0 N–H and O–H groups in total. The first-order valence-electron chi connectivity index (χ1n) is 5.04. The van der Waals surface area contributed by atoms with Gasteiger partial charge in [0.1, 0.15) is 6.61 Å². The Kier molecular flexibility index (Phi) is 4.03. The summed E-state index contributed by atoms with van der Waals surface area (Å²) in [6, 6.07) is 3.67. The Morgan fingerprint density at radius 3 is 2.40 bits per heavy atom. The number of aromatic nitrogens is 2. The molecule has 0 atom stereocenters. The predicted molar refractivity (Wildman–Crippen MR) is 58.0 cm³/mol. The van der Waals surface area contributed by atoms with Gasteiger partial charge in [0, 0.05) is 6.07 Å². The van der Waals surface area contributed by atoms with E-state index in [-0.39, 0.29) is 5.60 Å². The van der Waals surface area contributed by atoms with E-state index >= 15 is 0 Å². The van der Waals surface area contributed by atoms with Gasteiger partial charge >= 0.3 is 0 Å². The zero-order chi connectivity index (χ0) is 11.3. The van der Waals surface area contributed by atoms with Crippen LogP contribution in [-0.2, 0) is 4.74 Å². The van der Waals surface area contributed by atoms with Gasteiger partial charge in [0.25, 0.3) is 0 Å². The van der Waals surface area contributed by atoms with Gasteiger partial charge in [-0.15, -0.1) is 5.10 Å². The van der Waals surface area contributed by atoms with Gasteiger partial charge in [-0.1, -0.05) is 0 Å². The number of hydrogen-bond donors (Lipinski definition) is 0. The van der Waals surface area contributed by atoms with Gasteiger partial charge in [-0.3, -0.25) is 0 Å². The average Bonchev–Trinajstić information content (AvgIpc) is 2.14. The molecule has 0 radical (unpaired) electrons. The maximum absolute atomic E-state index is 5.50. The smallest absolute Gasteiger partial charge is 0.233 e. The molecule has 0 saturated heterocycles. The molecule has 0 aliphatic heterocycles. The lowest BCUT2D eigenvalue weighted by molar-refractivity contribution is -0.0169. The first kappa shape index (κ1) is 11.9. The van der Waals surface area contributed by atoms with E-state index in [1.165, 1.54) is 0 Å². The molecule has 4 heteroatoms. The highest BCUT2D eigenvalue weighted by Crippen LogP contribution is 2.07. The van der Waals surface area contributed by atoms with E-state index in [4.69, 9.17) is 9.47 Å². The summed E-state index contributed by atoms with van der Waals surface area (Å²) in [5.74, 6) is 0.540. The van der Waals surface area contributed by atoms with E-state index in [0.717, 1.165) is 5.69 Å². The first-order chi connectivity index (χ1) is 6.97. The molecule has 0 bridgehead atoms. The molecule has 0 unspecified atom stereocenters. The first-order valence-corrected chi connectivity index (χ1v) is 5.04. The van der Waals surface area contributed by atoms with Crippen molar-refractivity contribution in [2.45, 2.75) is 33.3 Å². The highest BCUT2D eigenvalue weighted by atomic mass is 16.5. The molecular weight excluding hydrogens is 192 g/mol. The molecule has 0 spiro atoms. The third-order valence-electron chi connectivity index (χ3n) is 1.64. The lowest BCUT2D eigenvalue weighted by atomic mass is 10.2. The lowest BCUT2D eigenvalue weighted by Gasteiger charge is -2.19. The van der Waals surface area contributed by atoms with Crippen LogP contribution in [0.2, 0.25) is 0 Å². The number of ether oxygens (including phenoxy) is 2. The molecule has 84 valence electrons. The summed E-state index contributed by atoms with van der Waals surface area (Å²) in [6.45, 7) is 8.98. The molecule has 0 saturated carbocycles. The van der Waals surface area contributed by atoms with Crippen molar-refractivity contribution in [3.05, 3.63) is 17.8 Å². The van der Waals surface area contributed by atoms with Crippen molar-refractivity contribution >= 4 is 0 Å². The average molecular weight is 210 g/mol. The summed E-state index contributed by atoms with van der Waals surface area (Å²) in [6.07, 6.45) is 0. The topological polar surface area (TPSA) is 44.2 Å². The normalized spacial score (nSPS) is 11.5. The molecule has 0 aliphatic carbocycles. The second kappa shape index (κ2) is 5.07. The monoisotopic (exact) mass is 210 g/mol. The van der Waals surface area contributed by atoms with E-state index in [1.54, 1.807) is 6.07 Å². The van der Waals surface area contributed by atoms with E-state index in [9.17, 15) is 0 Å². The van der Waals surface area contributed by atoms with E-state index < -0.39 is 0 Å². The standard InChI is InChI=1S/C11H18N2O2/c1-9-5-6-10(13-12-9)14-7-8-15-11(2,3)4/h5-6H,7-8H2,1-4H3. The van der Waals surface area contributed by atoms with Crippen LogP contribution >= 0.6 is 0 Å². The van der Waals surface area contributed by atoms with Crippen molar-refractivity contribution in [3.8, 4) is 5.88 Å². The summed E-state index contributed by atoms with van der Waals surface area (Å²) >= 11 is 0. The maximum Gasteiger partial charge on any atom is 0.233 e. The van der Waals surface area contributed by atoms with Gasteiger partial charge in [-0.2, -0.15) is 5.10 Å². The predicted octanol–water partition coefficient (Wildman–Crippen LogP) is 1.98. The Balaban J connectivity index is 2.23. The quantitative estimate of drug-likeness (QED) is 0.713. The SMILES string of the molecule is Cc1ccc(OCCOC(C)(C)C)nn1. The maximum atomic E-state index is 5.50. The zero-order valence-electron chi connectivity index (χ0n) is 9.78. The van der Waals surface area contributed by atoms with Crippen molar-refractivity contribution in [1.29, 1.82) is 0 Å². The van der Waals surface area contributed by atoms with Gasteiger partial charge in [-0.25, -0.2) is 0 Å². The summed E-state index contributed by atoms with van der Waals surface area (Å²) in [4.78, 5) is 0. The minimum Gasteiger partial charge on any atom is -0.474 e. The Hall–Kier alpha value is -1.16. The summed E-state index contributed by atoms with van der Waals surface area (Å²) in [7, 11) is 0. The third-order valence-corrected chi connectivity index (χ3v) is 1.64. The second-order valence-electron chi connectivity index (χ2n) is 4.32.